The fourth-order valence-electron chi connectivity index (χ4n) is 5.80. The van der Waals surface area contributed by atoms with Crippen molar-refractivity contribution < 1.29 is 28.7 Å². The quantitative estimate of drug-likeness (QED) is 0.195. The molecular formula is C38H43N7O6. The Morgan fingerprint density at radius 3 is 2.25 bits per heavy atom. The minimum absolute atomic E-state index is 0.0140. The highest BCUT2D eigenvalue weighted by molar-refractivity contribution is 6.01. The zero-order valence-corrected chi connectivity index (χ0v) is 28.5. The molecule has 3 atom stereocenters. The van der Waals surface area contributed by atoms with Crippen molar-refractivity contribution in [3.8, 4) is 5.75 Å². The standard InChI is InChI=1S/C38H43N7O6/c1-44-24-35(47)41-29(21-27-11-4-2-5-12-27)25-51-33-16-9-8-15-30(33)36(48)43-31(37(49)40-17-10-19-45-20-18-39-26-45)23-34(46)42-32(38(44)50)22-28-13-6-3-7-14-28/h2-9,11-16,18,20,26,29,31-32H,10,17,19,21-25H2,1H3,(H,40,49)(H,41,47)(H,42,46)(H,43,48)/t29-,31+,32+/m1/s1. The second kappa shape index (κ2) is 18.1. The van der Waals surface area contributed by atoms with Gasteiger partial charge in [-0.1, -0.05) is 72.8 Å². The summed E-state index contributed by atoms with van der Waals surface area (Å²) in [5.41, 5.74) is 1.90. The minimum Gasteiger partial charge on any atom is -0.491 e. The summed E-state index contributed by atoms with van der Waals surface area (Å²) in [7, 11) is 1.50. The largest absolute Gasteiger partial charge is 0.491 e. The fourth-order valence-corrected chi connectivity index (χ4v) is 5.80. The lowest BCUT2D eigenvalue weighted by Crippen LogP contribution is -2.54. The van der Waals surface area contributed by atoms with Crippen molar-refractivity contribution in [2.45, 2.75) is 50.4 Å². The Labute approximate surface area is 296 Å². The van der Waals surface area contributed by atoms with E-state index >= 15 is 0 Å². The van der Waals surface area contributed by atoms with Crippen LogP contribution < -0.4 is 26.0 Å². The van der Waals surface area contributed by atoms with E-state index in [1.807, 2.05) is 71.4 Å². The van der Waals surface area contributed by atoms with Crippen LogP contribution in [0.2, 0.25) is 0 Å². The number of aromatic nitrogens is 2. The van der Waals surface area contributed by atoms with Gasteiger partial charge < -0.3 is 35.5 Å². The number of imidazole rings is 1. The first-order chi connectivity index (χ1) is 24.7. The summed E-state index contributed by atoms with van der Waals surface area (Å²) in [5.74, 6) is -2.47. The van der Waals surface area contributed by atoms with E-state index in [4.69, 9.17) is 4.74 Å². The number of nitrogens with one attached hydrogen (secondary N) is 4. The Balaban J connectivity index is 1.42. The third kappa shape index (κ3) is 11.0. The Bertz CT molecular complexity index is 1770. The number of nitrogens with zero attached hydrogens (tertiary/aromatic N) is 3. The molecule has 0 unspecified atom stereocenters. The van der Waals surface area contributed by atoms with Crippen LogP contribution in [0.1, 0.15) is 34.3 Å². The van der Waals surface area contributed by atoms with Crippen LogP contribution in [-0.2, 0) is 38.6 Å². The molecular weight excluding hydrogens is 650 g/mol. The molecule has 0 saturated carbocycles. The molecule has 1 aliphatic heterocycles. The van der Waals surface area contributed by atoms with Gasteiger partial charge in [0, 0.05) is 39.0 Å². The average Bonchev–Trinajstić information content (AvgIpc) is 3.66. The number of rotatable bonds is 9. The SMILES string of the molecule is CN1CC(=O)N[C@H](Cc2ccccc2)COc2ccccc2C(=O)N[C@H](C(=O)NCCCn2ccnc2)CC(=O)N[C@@H](Cc2ccccc2)C1=O. The van der Waals surface area contributed by atoms with Gasteiger partial charge in [-0.3, -0.25) is 24.0 Å². The Morgan fingerprint density at radius 2 is 1.55 bits per heavy atom. The van der Waals surface area contributed by atoms with Gasteiger partial charge >= 0.3 is 0 Å². The fraction of sp³-hybridized carbons (Fsp3) is 0.316. The number of amides is 5. The third-order valence-corrected chi connectivity index (χ3v) is 8.40. The molecule has 4 N–H and O–H groups in total. The molecule has 3 aromatic carbocycles. The zero-order chi connectivity index (χ0) is 36.0. The molecule has 1 aromatic heterocycles. The van der Waals surface area contributed by atoms with E-state index in [1.54, 1.807) is 36.8 Å². The highest BCUT2D eigenvalue weighted by Crippen LogP contribution is 2.19. The summed E-state index contributed by atoms with van der Waals surface area (Å²) in [6.45, 7) is 0.641. The van der Waals surface area contributed by atoms with Crippen molar-refractivity contribution >= 4 is 29.5 Å². The number of hydrogen-bond acceptors (Lipinski definition) is 7. The first-order valence-electron chi connectivity index (χ1n) is 16.9. The normalized spacial score (nSPS) is 19.1. The zero-order valence-electron chi connectivity index (χ0n) is 28.5. The van der Waals surface area contributed by atoms with Crippen LogP contribution >= 0.6 is 0 Å². The molecule has 1 aliphatic rings. The molecule has 0 spiro atoms. The van der Waals surface area contributed by atoms with Crippen LogP contribution in [-0.4, -0.2) is 88.9 Å². The Hall–Kier alpha value is -5.98. The first kappa shape index (κ1) is 36.3. The van der Waals surface area contributed by atoms with Gasteiger partial charge in [0.25, 0.3) is 5.91 Å². The first-order valence-corrected chi connectivity index (χ1v) is 16.9. The van der Waals surface area contributed by atoms with Gasteiger partial charge in [-0.15, -0.1) is 0 Å². The van der Waals surface area contributed by atoms with Crippen molar-refractivity contribution in [3.05, 3.63) is 120 Å². The number of para-hydroxylation sites is 1. The number of ether oxygens (including phenoxy) is 1. The van der Waals surface area contributed by atoms with Crippen LogP contribution in [0, 0.1) is 0 Å². The predicted octanol–water partition coefficient (Wildman–Crippen LogP) is 1.88. The number of likely N-dealkylation sites (N-methyl/N-ethyl adjacent to an activating group) is 1. The molecule has 51 heavy (non-hydrogen) atoms. The molecule has 4 aromatic rings. The minimum atomic E-state index is -1.27. The summed E-state index contributed by atoms with van der Waals surface area (Å²) in [4.78, 5) is 73.3. The lowest BCUT2D eigenvalue weighted by atomic mass is 10.0. The van der Waals surface area contributed by atoms with Gasteiger partial charge in [-0.2, -0.15) is 0 Å². The molecule has 0 radical (unpaired) electrons. The molecule has 0 bridgehead atoms. The number of fused-ring (bicyclic) bond motifs is 1. The van der Waals surface area contributed by atoms with Crippen molar-refractivity contribution in [1.82, 2.24) is 35.7 Å². The topological polar surface area (TPSA) is 164 Å². The van der Waals surface area contributed by atoms with Crippen LogP contribution in [0.5, 0.6) is 5.75 Å². The van der Waals surface area contributed by atoms with E-state index in [9.17, 15) is 24.0 Å². The van der Waals surface area contributed by atoms with Gasteiger partial charge in [-0.25, -0.2) is 4.98 Å². The van der Waals surface area contributed by atoms with E-state index in [0.29, 0.717) is 19.4 Å². The van der Waals surface area contributed by atoms with Gasteiger partial charge in [0.1, 0.15) is 24.4 Å². The predicted molar refractivity (Wildman–Crippen MR) is 189 cm³/mol. The molecule has 266 valence electrons. The monoisotopic (exact) mass is 693 g/mol. The van der Waals surface area contributed by atoms with Crippen LogP contribution in [0.3, 0.4) is 0 Å². The van der Waals surface area contributed by atoms with E-state index in [0.717, 1.165) is 11.1 Å². The molecule has 0 aliphatic carbocycles. The van der Waals surface area contributed by atoms with Crippen LogP contribution in [0.15, 0.2) is 104 Å². The van der Waals surface area contributed by atoms with Gasteiger partial charge in [0.05, 0.1) is 30.9 Å². The second-order valence-corrected chi connectivity index (χ2v) is 12.4. The van der Waals surface area contributed by atoms with E-state index in [-0.39, 0.29) is 37.4 Å². The number of hydrogen-bond donors (Lipinski definition) is 4. The Kier molecular flexibility index (Phi) is 12.9. The van der Waals surface area contributed by atoms with Crippen molar-refractivity contribution in [2.75, 3.05) is 26.7 Å². The van der Waals surface area contributed by atoms with E-state index in [1.165, 1.54) is 11.9 Å². The Morgan fingerprint density at radius 1 is 0.863 bits per heavy atom. The van der Waals surface area contributed by atoms with E-state index in [2.05, 4.69) is 26.3 Å². The summed E-state index contributed by atoms with van der Waals surface area (Å²) < 4.78 is 8.01. The maximum absolute atomic E-state index is 13.8. The molecule has 0 fully saturated rings. The van der Waals surface area contributed by atoms with Gasteiger partial charge in [0.2, 0.25) is 23.6 Å². The molecule has 0 saturated heterocycles. The van der Waals surface area contributed by atoms with Crippen molar-refractivity contribution in [3.63, 3.8) is 0 Å². The molecule has 2 heterocycles. The maximum atomic E-state index is 13.8. The molecule has 13 nitrogen and oxygen atoms in total. The lowest BCUT2D eigenvalue weighted by Gasteiger charge is -2.26. The highest BCUT2D eigenvalue weighted by Gasteiger charge is 2.30. The second-order valence-electron chi connectivity index (χ2n) is 12.4. The summed E-state index contributed by atoms with van der Waals surface area (Å²) in [6.07, 6.45) is 5.88. The van der Waals surface area contributed by atoms with Crippen LogP contribution in [0.25, 0.3) is 0 Å². The smallest absolute Gasteiger partial charge is 0.255 e. The maximum Gasteiger partial charge on any atom is 0.255 e. The van der Waals surface area contributed by atoms with Gasteiger partial charge in [0.15, 0.2) is 0 Å². The lowest BCUT2D eigenvalue weighted by molar-refractivity contribution is -0.138. The highest BCUT2D eigenvalue weighted by atomic mass is 16.5. The summed E-state index contributed by atoms with van der Waals surface area (Å²) in [5, 5.41) is 11.3. The molecule has 13 heteroatoms. The third-order valence-electron chi connectivity index (χ3n) is 8.40. The summed E-state index contributed by atoms with van der Waals surface area (Å²) in [6, 6.07) is 22.5. The number of carbonyl (C=O) groups excluding carboxylic acids is 5. The van der Waals surface area contributed by atoms with Gasteiger partial charge in [-0.05, 0) is 36.1 Å². The number of aryl methyl sites for hydroxylation is 1. The van der Waals surface area contributed by atoms with Crippen molar-refractivity contribution in [1.29, 1.82) is 0 Å². The number of carbonyl (C=O) groups is 5. The van der Waals surface area contributed by atoms with E-state index < -0.39 is 54.1 Å². The molecule has 5 amide bonds. The summed E-state index contributed by atoms with van der Waals surface area (Å²) >= 11 is 0. The number of benzene rings is 3. The van der Waals surface area contributed by atoms with Crippen LogP contribution in [0.4, 0.5) is 0 Å². The molecule has 5 rings (SSSR count). The average molecular weight is 694 g/mol. The van der Waals surface area contributed by atoms with Crippen molar-refractivity contribution in [2.24, 2.45) is 0 Å².